The molecule has 2 saturated carbocycles. The summed E-state index contributed by atoms with van der Waals surface area (Å²) in [4.78, 5) is 51.3. The van der Waals surface area contributed by atoms with Crippen LogP contribution in [-0.2, 0) is 28.5 Å². The number of halogens is 7. The molecule has 2 aromatic carbocycles. The number of ketones is 2. The lowest BCUT2D eigenvalue weighted by molar-refractivity contribution is -0.173. The van der Waals surface area contributed by atoms with E-state index in [9.17, 15) is 27.6 Å². The fraction of sp³-hybridized carbons (Fsp3) is 0.361. The molecule has 6 rings (SSSR count). The van der Waals surface area contributed by atoms with Crippen LogP contribution in [0.5, 0.6) is 0 Å². The minimum absolute atomic E-state index is 0.00756. The maximum absolute atomic E-state index is 12.2. The molecule has 2 aliphatic carbocycles. The topological polar surface area (TPSA) is 141 Å². The number of benzene rings is 2. The normalized spacial score (nSPS) is 15.7. The smallest absolute Gasteiger partial charge is 0.341 e. The number of carbonyl (C=O) groups is 3. The Bertz CT molecular complexity index is 1940. The van der Waals surface area contributed by atoms with E-state index in [0.29, 0.717) is 37.9 Å². The first-order chi connectivity index (χ1) is 24.6. The molecule has 274 valence electrons. The van der Waals surface area contributed by atoms with Gasteiger partial charge < -0.3 is 11.1 Å². The van der Waals surface area contributed by atoms with Crippen molar-refractivity contribution in [3.63, 3.8) is 0 Å². The van der Waals surface area contributed by atoms with Crippen molar-refractivity contribution in [2.75, 3.05) is 13.1 Å². The van der Waals surface area contributed by atoms with E-state index in [2.05, 4.69) is 19.9 Å². The number of alkyl halides is 3. The summed E-state index contributed by atoms with van der Waals surface area (Å²) in [6, 6.07) is 11.3. The molecule has 0 unspecified atom stereocenters. The Morgan fingerprint density at radius 1 is 0.673 bits per heavy atom. The van der Waals surface area contributed by atoms with Crippen molar-refractivity contribution in [1.29, 1.82) is 0 Å². The number of rotatable bonds is 11. The quantitative estimate of drug-likeness (QED) is 0.146. The summed E-state index contributed by atoms with van der Waals surface area (Å²) in [6.07, 6.45) is 8.05. The van der Waals surface area contributed by atoms with Gasteiger partial charge in [0.05, 0.1) is 44.3 Å². The van der Waals surface area contributed by atoms with Crippen molar-refractivity contribution in [3.8, 4) is 0 Å². The number of nitrogens with zero attached hydrogens (tertiary/aromatic N) is 4. The number of aromatic nitrogens is 4. The highest BCUT2D eigenvalue weighted by Gasteiger charge is 2.41. The molecule has 0 saturated heterocycles. The van der Waals surface area contributed by atoms with Crippen molar-refractivity contribution in [2.24, 2.45) is 5.73 Å². The maximum atomic E-state index is 12.2. The number of nitrogens with two attached hydrogens (primary N) is 1. The van der Waals surface area contributed by atoms with Gasteiger partial charge in [-0.2, -0.15) is 13.2 Å². The molecule has 0 radical (unpaired) electrons. The first-order valence-electron chi connectivity index (χ1n) is 16.3. The van der Waals surface area contributed by atoms with Gasteiger partial charge in [-0.3, -0.25) is 14.4 Å². The molecule has 0 aliphatic heterocycles. The van der Waals surface area contributed by atoms with Gasteiger partial charge in [0, 0.05) is 48.5 Å². The predicted octanol–water partition coefficient (Wildman–Crippen LogP) is 7.90. The van der Waals surface area contributed by atoms with Crippen LogP contribution in [0.3, 0.4) is 0 Å². The van der Waals surface area contributed by atoms with Gasteiger partial charge >= 0.3 is 12.1 Å². The zero-order valence-electron chi connectivity index (χ0n) is 27.6. The van der Waals surface area contributed by atoms with Gasteiger partial charge in [-0.25, -0.2) is 19.9 Å². The SMILES string of the molecule is NCC(=O)c1cnc(CC2(c3ccc(Cl)c(Cl)c3)CCC2)nc1.O=C(CNC(=O)C(F)(F)F)c1cnc(CC2(c3ccc(Cl)c(Cl)c3)CCC2)nc1. The monoisotopic (exact) mass is 794 g/mol. The van der Waals surface area contributed by atoms with E-state index in [1.165, 1.54) is 29.7 Å². The molecule has 9 nitrogen and oxygen atoms in total. The third kappa shape index (κ3) is 9.27. The van der Waals surface area contributed by atoms with E-state index in [1.54, 1.807) is 18.5 Å². The molecule has 1 amide bonds. The van der Waals surface area contributed by atoms with Crippen LogP contribution >= 0.6 is 46.4 Å². The summed E-state index contributed by atoms with van der Waals surface area (Å²) in [7, 11) is 0. The van der Waals surface area contributed by atoms with Crippen LogP contribution in [0.25, 0.3) is 0 Å². The van der Waals surface area contributed by atoms with Crippen molar-refractivity contribution in [3.05, 3.63) is 115 Å². The van der Waals surface area contributed by atoms with Crippen LogP contribution in [0, 0.1) is 0 Å². The summed E-state index contributed by atoms with van der Waals surface area (Å²) in [5, 5.41) is 3.61. The minimum Gasteiger partial charge on any atom is -0.341 e. The molecule has 3 N–H and O–H groups in total. The Balaban J connectivity index is 0.000000206. The molecule has 0 bridgehead atoms. The number of hydrogen-bond donors (Lipinski definition) is 2. The fourth-order valence-corrected chi connectivity index (χ4v) is 6.86. The lowest BCUT2D eigenvalue weighted by atomic mass is 9.62. The molecular formula is C36H33Cl4F3N6O3. The maximum Gasteiger partial charge on any atom is 0.471 e. The van der Waals surface area contributed by atoms with E-state index < -0.39 is 24.4 Å². The molecule has 52 heavy (non-hydrogen) atoms. The first kappa shape index (κ1) is 39.5. The van der Waals surface area contributed by atoms with E-state index >= 15 is 0 Å². The third-order valence-electron chi connectivity index (χ3n) is 9.59. The number of amides is 1. The van der Waals surface area contributed by atoms with Crippen molar-refractivity contribution in [1.82, 2.24) is 25.3 Å². The Morgan fingerprint density at radius 3 is 1.40 bits per heavy atom. The molecule has 0 spiro atoms. The van der Waals surface area contributed by atoms with Crippen molar-refractivity contribution >= 4 is 63.9 Å². The number of hydrogen-bond acceptors (Lipinski definition) is 8. The average molecular weight is 797 g/mol. The third-order valence-corrected chi connectivity index (χ3v) is 11.1. The molecule has 0 atom stereocenters. The standard InChI is InChI=1S/C19H16Cl2F3N3O2.C17H17Cl2N3O/c20-13-3-2-12(6-14(13)21)18(4-1-5-18)7-16-25-8-11(9-26-16)15(28)10-27-17(29)19(22,23)24;18-13-3-2-12(6-14(13)19)17(4-1-5-17)7-16-21-9-11(10-22-16)15(23)8-20/h2-3,6,8-9H,1,4-5,7,10H2,(H,27,29);2-3,6,9-10H,1,4-5,7-8,20H2. The summed E-state index contributed by atoms with van der Waals surface area (Å²) in [5.74, 6) is -1.80. The minimum atomic E-state index is -5.04. The van der Waals surface area contributed by atoms with Gasteiger partial charge in [0.15, 0.2) is 11.6 Å². The molecule has 2 heterocycles. The molecule has 2 aliphatic rings. The van der Waals surface area contributed by atoms with E-state index in [-0.39, 0.29) is 28.7 Å². The largest absolute Gasteiger partial charge is 0.471 e. The average Bonchev–Trinajstić information content (AvgIpc) is 3.09. The lowest BCUT2D eigenvalue weighted by Gasteiger charge is -2.42. The zero-order valence-corrected chi connectivity index (χ0v) is 30.6. The Kier molecular flexibility index (Phi) is 12.6. The zero-order chi connectivity index (χ0) is 37.7. The van der Waals surface area contributed by atoms with E-state index in [1.807, 2.05) is 30.3 Å². The highest BCUT2D eigenvalue weighted by atomic mass is 35.5. The Labute approximate surface area is 317 Å². The second-order valence-electron chi connectivity index (χ2n) is 12.9. The van der Waals surface area contributed by atoms with Crippen LogP contribution in [0.4, 0.5) is 13.2 Å². The van der Waals surface area contributed by atoms with Crippen LogP contribution in [-0.4, -0.2) is 56.7 Å². The lowest BCUT2D eigenvalue weighted by Crippen LogP contribution is -2.39. The van der Waals surface area contributed by atoms with Gasteiger partial charge in [0.25, 0.3) is 0 Å². The Hall–Kier alpha value is -3.68. The molecular weight excluding hydrogens is 763 g/mol. The molecule has 2 fully saturated rings. The van der Waals surface area contributed by atoms with Gasteiger partial charge in [-0.05, 0) is 61.1 Å². The second-order valence-corrected chi connectivity index (χ2v) is 14.5. The van der Waals surface area contributed by atoms with Gasteiger partial charge in [0.1, 0.15) is 11.6 Å². The first-order valence-corrected chi connectivity index (χ1v) is 17.8. The summed E-state index contributed by atoms with van der Waals surface area (Å²) in [5.41, 5.74) is 7.87. The van der Waals surface area contributed by atoms with Crippen molar-refractivity contribution in [2.45, 2.75) is 68.4 Å². The van der Waals surface area contributed by atoms with Crippen LogP contribution < -0.4 is 11.1 Å². The second kappa shape index (κ2) is 16.6. The van der Waals surface area contributed by atoms with Crippen molar-refractivity contribution < 1.29 is 27.6 Å². The van der Waals surface area contributed by atoms with Gasteiger partial charge in [-0.15, -0.1) is 0 Å². The predicted molar refractivity (Wildman–Crippen MR) is 192 cm³/mol. The fourth-order valence-electron chi connectivity index (χ4n) is 6.26. The van der Waals surface area contributed by atoms with Gasteiger partial charge in [0.2, 0.25) is 0 Å². The summed E-state index contributed by atoms with van der Waals surface area (Å²) < 4.78 is 36.5. The summed E-state index contributed by atoms with van der Waals surface area (Å²) in [6.45, 7) is -0.815. The highest BCUT2D eigenvalue weighted by Crippen LogP contribution is 2.48. The van der Waals surface area contributed by atoms with Crippen LogP contribution in [0.15, 0.2) is 61.2 Å². The summed E-state index contributed by atoms with van der Waals surface area (Å²) >= 11 is 24.3. The molecule has 2 aromatic heterocycles. The Morgan fingerprint density at radius 2 is 1.08 bits per heavy atom. The number of nitrogens with one attached hydrogen (secondary N) is 1. The van der Waals surface area contributed by atoms with Crippen LogP contribution in [0.1, 0.15) is 82.0 Å². The molecule has 16 heteroatoms. The van der Waals surface area contributed by atoms with Crippen LogP contribution in [0.2, 0.25) is 20.1 Å². The molecule has 4 aromatic rings. The van der Waals surface area contributed by atoms with Gasteiger partial charge in [-0.1, -0.05) is 71.4 Å². The highest BCUT2D eigenvalue weighted by molar-refractivity contribution is 6.42. The number of carbonyl (C=O) groups excluding carboxylic acids is 3. The van der Waals surface area contributed by atoms with E-state index in [0.717, 1.165) is 49.9 Å². The van der Waals surface area contributed by atoms with E-state index in [4.69, 9.17) is 52.1 Å². The number of Topliss-reactive ketones (excluding diaryl/α,β-unsaturated/α-hetero) is 2.